The van der Waals surface area contributed by atoms with Crippen molar-refractivity contribution in [3.05, 3.63) is 0 Å². The van der Waals surface area contributed by atoms with E-state index in [1.807, 2.05) is 0 Å². The third-order valence-corrected chi connectivity index (χ3v) is 4.31. The molecule has 1 aliphatic rings. The fraction of sp³-hybridized carbons (Fsp3) is 1.00. The number of sulfone groups is 1. The lowest BCUT2D eigenvalue weighted by Crippen LogP contribution is -2.94. The Bertz CT molecular complexity index is 235. The summed E-state index contributed by atoms with van der Waals surface area (Å²) in [6.45, 7) is 4.27. The standard InChI is InChI=1S/C8H17NO2S/c1-3-7(2)9-8-4-5-12(10,11)6-8/h7-9H,3-6H2,1-2H3/p+1. The van der Waals surface area contributed by atoms with E-state index < -0.39 is 9.84 Å². The first-order valence-corrected chi connectivity index (χ1v) is 6.41. The number of nitrogens with two attached hydrogens (primary N) is 1. The molecule has 2 N–H and O–H groups in total. The van der Waals surface area contributed by atoms with Gasteiger partial charge in [0.1, 0.15) is 11.8 Å². The van der Waals surface area contributed by atoms with Crippen LogP contribution in [0, 0.1) is 0 Å². The van der Waals surface area contributed by atoms with E-state index in [2.05, 4.69) is 19.2 Å². The summed E-state index contributed by atoms with van der Waals surface area (Å²) in [4.78, 5) is 0. The molecule has 1 aliphatic heterocycles. The van der Waals surface area contributed by atoms with Crippen molar-refractivity contribution >= 4 is 9.84 Å². The minimum Gasteiger partial charge on any atom is -0.341 e. The highest BCUT2D eigenvalue weighted by Gasteiger charge is 2.31. The topological polar surface area (TPSA) is 50.8 Å². The Morgan fingerprint density at radius 3 is 2.67 bits per heavy atom. The maximum absolute atomic E-state index is 11.1. The molecule has 72 valence electrons. The zero-order chi connectivity index (χ0) is 9.19. The smallest absolute Gasteiger partial charge is 0.156 e. The van der Waals surface area contributed by atoms with Crippen molar-refractivity contribution in [2.75, 3.05) is 11.5 Å². The van der Waals surface area contributed by atoms with Gasteiger partial charge >= 0.3 is 0 Å². The highest BCUT2D eigenvalue weighted by Crippen LogP contribution is 2.08. The molecule has 1 saturated heterocycles. The summed E-state index contributed by atoms with van der Waals surface area (Å²) in [7, 11) is -2.68. The molecule has 0 saturated carbocycles. The van der Waals surface area contributed by atoms with Crippen LogP contribution in [-0.2, 0) is 9.84 Å². The van der Waals surface area contributed by atoms with Gasteiger partial charge in [-0.3, -0.25) is 0 Å². The number of rotatable bonds is 3. The fourth-order valence-electron chi connectivity index (χ4n) is 1.58. The molecule has 4 heteroatoms. The monoisotopic (exact) mass is 192 g/mol. The summed E-state index contributed by atoms with van der Waals surface area (Å²) in [6, 6.07) is 0.883. The Balaban J connectivity index is 2.38. The van der Waals surface area contributed by atoms with Gasteiger partial charge in [0, 0.05) is 6.42 Å². The predicted molar refractivity (Wildman–Crippen MR) is 48.7 cm³/mol. The molecule has 1 heterocycles. The molecule has 0 aromatic heterocycles. The second-order valence-electron chi connectivity index (χ2n) is 3.74. The molecular weight excluding hydrogens is 174 g/mol. The van der Waals surface area contributed by atoms with Crippen LogP contribution in [0.5, 0.6) is 0 Å². The molecule has 2 atom stereocenters. The van der Waals surface area contributed by atoms with Crippen LogP contribution in [0.4, 0.5) is 0 Å². The molecule has 0 aromatic rings. The maximum Gasteiger partial charge on any atom is 0.156 e. The van der Waals surface area contributed by atoms with Crippen molar-refractivity contribution in [1.29, 1.82) is 0 Å². The average molecular weight is 192 g/mol. The van der Waals surface area contributed by atoms with Crippen molar-refractivity contribution in [3.8, 4) is 0 Å². The zero-order valence-electron chi connectivity index (χ0n) is 7.79. The number of quaternary nitrogens is 1. The zero-order valence-corrected chi connectivity index (χ0v) is 8.60. The molecule has 3 nitrogen and oxygen atoms in total. The van der Waals surface area contributed by atoms with E-state index in [9.17, 15) is 8.42 Å². The van der Waals surface area contributed by atoms with Gasteiger partial charge in [-0.05, 0) is 13.3 Å². The number of hydrogen-bond acceptors (Lipinski definition) is 2. The molecule has 1 fully saturated rings. The molecule has 0 aliphatic carbocycles. The van der Waals surface area contributed by atoms with Gasteiger partial charge in [0.25, 0.3) is 0 Å². The van der Waals surface area contributed by atoms with Gasteiger partial charge in [-0.2, -0.15) is 0 Å². The molecule has 1 rings (SSSR count). The van der Waals surface area contributed by atoms with E-state index in [4.69, 9.17) is 0 Å². The first-order valence-electron chi connectivity index (χ1n) is 4.59. The lowest BCUT2D eigenvalue weighted by molar-refractivity contribution is -0.714. The first-order chi connectivity index (χ1) is 5.53. The van der Waals surface area contributed by atoms with Crippen molar-refractivity contribution in [2.24, 2.45) is 0 Å². The Morgan fingerprint density at radius 2 is 2.25 bits per heavy atom. The Morgan fingerprint density at radius 1 is 1.58 bits per heavy atom. The number of hydrogen-bond donors (Lipinski definition) is 1. The SMILES string of the molecule is CCC(C)[NH2+]C1CCS(=O)(=O)C1. The van der Waals surface area contributed by atoms with Crippen LogP contribution in [0.15, 0.2) is 0 Å². The van der Waals surface area contributed by atoms with Crippen molar-refractivity contribution in [1.82, 2.24) is 0 Å². The van der Waals surface area contributed by atoms with Crippen LogP contribution >= 0.6 is 0 Å². The summed E-state index contributed by atoms with van der Waals surface area (Å²) in [5.41, 5.74) is 0. The highest BCUT2D eigenvalue weighted by atomic mass is 32.2. The van der Waals surface area contributed by atoms with Crippen LogP contribution in [0.3, 0.4) is 0 Å². The van der Waals surface area contributed by atoms with E-state index in [0.717, 1.165) is 12.8 Å². The normalized spacial score (nSPS) is 30.3. The van der Waals surface area contributed by atoms with Gasteiger partial charge < -0.3 is 5.32 Å². The van der Waals surface area contributed by atoms with E-state index in [-0.39, 0.29) is 0 Å². The summed E-state index contributed by atoms with van der Waals surface area (Å²) >= 11 is 0. The van der Waals surface area contributed by atoms with Gasteiger partial charge in [0.05, 0.1) is 11.8 Å². The van der Waals surface area contributed by atoms with Crippen LogP contribution in [-0.4, -0.2) is 32.0 Å². The molecule has 0 bridgehead atoms. The van der Waals surface area contributed by atoms with Gasteiger partial charge in [-0.1, -0.05) is 6.92 Å². The molecule has 12 heavy (non-hydrogen) atoms. The Labute approximate surface area is 74.5 Å². The molecule has 0 spiro atoms. The highest BCUT2D eigenvalue weighted by molar-refractivity contribution is 7.91. The largest absolute Gasteiger partial charge is 0.341 e. The van der Waals surface area contributed by atoms with Gasteiger partial charge in [-0.25, -0.2) is 8.42 Å². The van der Waals surface area contributed by atoms with Crippen LogP contribution < -0.4 is 5.32 Å². The second kappa shape index (κ2) is 3.75. The lowest BCUT2D eigenvalue weighted by Gasteiger charge is -2.12. The summed E-state index contributed by atoms with van der Waals surface area (Å²) in [5.74, 6) is 0.780. The lowest BCUT2D eigenvalue weighted by atomic mass is 10.2. The summed E-state index contributed by atoms with van der Waals surface area (Å²) < 4.78 is 22.2. The molecule has 0 radical (unpaired) electrons. The maximum atomic E-state index is 11.1. The van der Waals surface area contributed by atoms with Gasteiger partial charge in [0.2, 0.25) is 0 Å². The second-order valence-corrected chi connectivity index (χ2v) is 5.97. The molecular formula is C8H18NO2S+. The average Bonchev–Trinajstić information content (AvgIpc) is 2.30. The van der Waals surface area contributed by atoms with E-state index in [1.54, 1.807) is 0 Å². The third kappa shape index (κ3) is 2.75. The molecule has 0 aromatic carbocycles. The Hall–Kier alpha value is -0.0900. The molecule has 0 amide bonds. The van der Waals surface area contributed by atoms with E-state index >= 15 is 0 Å². The Kier molecular flexibility index (Phi) is 3.12. The van der Waals surface area contributed by atoms with Crippen LogP contribution in [0.25, 0.3) is 0 Å². The van der Waals surface area contributed by atoms with Gasteiger partial charge in [-0.15, -0.1) is 0 Å². The van der Waals surface area contributed by atoms with E-state index in [0.29, 0.717) is 23.6 Å². The first kappa shape index (κ1) is 9.99. The summed E-state index contributed by atoms with van der Waals surface area (Å²) in [6.07, 6.45) is 1.95. The van der Waals surface area contributed by atoms with Gasteiger partial charge in [0.15, 0.2) is 9.84 Å². The van der Waals surface area contributed by atoms with Crippen molar-refractivity contribution < 1.29 is 13.7 Å². The van der Waals surface area contributed by atoms with Crippen molar-refractivity contribution in [2.45, 2.75) is 38.8 Å². The predicted octanol–water partition coefficient (Wildman–Crippen LogP) is -0.465. The third-order valence-electron chi connectivity index (χ3n) is 2.51. The van der Waals surface area contributed by atoms with Crippen LogP contribution in [0.1, 0.15) is 26.7 Å². The minimum atomic E-state index is -2.68. The summed E-state index contributed by atoms with van der Waals surface area (Å²) in [5, 5.41) is 2.20. The van der Waals surface area contributed by atoms with Crippen molar-refractivity contribution in [3.63, 3.8) is 0 Å². The fourth-order valence-corrected chi connectivity index (χ4v) is 3.33. The van der Waals surface area contributed by atoms with Crippen LogP contribution in [0.2, 0.25) is 0 Å². The molecule has 2 unspecified atom stereocenters. The quantitative estimate of drug-likeness (QED) is 0.657. The van der Waals surface area contributed by atoms with E-state index in [1.165, 1.54) is 0 Å². The minimum absolute atomic E-state index is 0.324.